The van der Waals surface area contributed by atoms with Gasteiger partial charge in [-0.3, -0.25) is 4.90 Å². The lowest BCUT2D eigenvalue weighted by Crippen LogP contribution is -2.48. The summed E-state index contributed by atoms with van der Waals surface area (Å²) in [5.74, 6) is 0. The smallest absolute Gasteiger partial charge is 0.0769 e. The number of aromatic nitrogens is 2. The number of piperazine rings is 1. The van der Waals surface area contributed by atoms with Crippen molar-refractivity contribution in [3.8, 4) is 0 Å². The van der Waals surface area contributed by atoms with Gasteiger partial charge in [0.25, 0.3) is 0 Å². The Bertz CT molecular complexity index is 844. The Morgan fingerprint density at radius 2 is 1.90 bits per heavy atom. The highest BCUT2D eigenvalue weighted by Crippen LogP contribution is 2.20. The molecule has 5 nitrogen and oxygen atoms in total. The summed E-state index contributed by atoms with van der Waals surface area (Å²) < 4.78 is 2.19. The minimum absolute atomic E-state index is 0.844. The van der Waals surface area contributed by atoms with Gasteiger partial charge in [-0.2, -0.15) is 5.10 Å². The quantitative estimate of drug-likeness (QED) is 0.641. The summed E-state index contributed by atoms with van der Waals surface area (Å²) in [4.78, 5) is 5.05. The molecule has 1 aromatic heterocycles. The topological polar surface area (TPSA) is 36.3 Å². The molecule has 1 fully saturated rings. The van der Waals surface area contributed by atoms with E-state index in [0.717, 1.165) is 77.2 Å². The Morgan fingerprint density at radius 3 is 2.63 bits per heavy atom. The zero-order chi connectivity index (χ0) is 20.6. The predicted molar refractivity (Wildman–Crippen MR) is 126 cm³/mol. The molecule has 0 unspecified atom stereocenters. The van der Waals surface area contributed by atoms with Crippen molar-refractivity contribution in [1.82, 2.24) is 20.0 Å². The van der Waals surface area contributed by atoms with Crippen molar-refractivity contribution in [3.63, 3.8) is 0 Å². The number of aryl methyl sites for hydroxylation is 1. The zero-order valence-electron chi connectivity index (χ0n) is 18.3. The normalized spacial score (nSPS) is 17.4. The first-order chi connectivity index (χ1) is 14.8. The van der Waals surface area contributed by atoms with Crippen LogP contribution in [0.1, 0.15) is 37.6 Å². The van der Waals surface area contributed by atoms with Crippen molar-refractivity contribution >= 4 is 11.4 Å². The lowest BCUT2D eigenvalue weighted by molar-refractivity contribution is 0.257. The van der Waals surface area contributed by atoms with Crippen LogP contribution in [0.2, 0.25) is 0 Å². The molecular weight excluding hydrogens is 370 g/mol. The van der Waals surface area contributed by atoms with Crippen LogP contribution >= 0.6 is 0 Å². The molecule has 0 bridgehead atoms. The highest BCUT2D eigenvalue weighted by atomic mass is 15.3. The van der Waals surface area contributed by atoms with Crippen LogP contribution in [0.15, 0.2) is 54.6 Å². The third-order valence-corrected chi connectivity index (χ3v) is 6.01. The molecule has 160 valence electrons. The van der Waals surface area contributed by atoms with Gasteiger partial charge in [0.2, 0.25) is 0 Å². The standard InChI is InChI=1S/C25H35N5/c1-2-9-25-20-22(27-30(25)24-12-7-4-8-13-24)21-26-14-15-28-16-18-29(19-17-28)23-10-5-3-6-11-23/h3-7,10-12,20,26H,2,8-9,13-19,21H2,1H3. The van der Waals surface area contributed by atoms with Gasteiger partial charge in [0.15, 0.2) is 0 Å². The average Bonchev–Trinajstić information content (AvgIpc) is 3.21. The lowest BCUT2D eigenvalue weighted by atomic mass is 10.1. The number of anilines is 1. The first-order valence-electron chi connectivity index (χ1n) is 11.5. The summed E-state index contributed by atoms with van der Waals surface area (Å²) >= 11 is 0. The van der Waals surface area contributed by atoms with Gasteiger partial charge in [0.1, 0.15) is 0 Å². The molecule has 1 N–H and O–H groups in total. The van der Waals surface area contributed by atoms with Gasteiger partial charge in [0.05, 0.1) is 5.69 Å². The van der Waals surface area contributed by atoms with E-state index in [1.807, 2.05) is 0 Å². The van der Waals surface area contributed by atoms with Crippen LogP contribution in [0.3, 0.4) is 0 Å². The predicted octanol–water partition coefficient (Wildman–Crippen LogP) is 3.94. The number of nitrogens with zero attached hydrogens (tertiary/aromatic N) is 4. The Labute approximate surface area is 181 Å². The Kier molecular flexibility index (Phi) is 7.38. The zero-order valence-corrected chi connectivity index (χ0v) is 18.3. The molecular formula is C25H35N5. The first-order valence-corrected chi connectivity index (χ1v) is 11.5. The maximum Gasteiger partial charge on any atom is 0.0769 e. The Balaban J connectivity index is 1.22. The fourth-order valence-corrected chi connectivity index (χ4v) is 4.33. The largest absolute Gasteiger partial charge is 0.369 e. The van der Waals surface area contributed by atoms with Crippen LogP contribution < -0.4 is 10.2 Å². The maximum atomic E-state index is 4.91. The number of para-hydroxylation sites is 1. The third kappa shape index (κ3) is 5.41. The van der Waals surface area contributed by atoms with Crippen molar-refractivity contribution in [2.24, 2.45) is 0 Å². The fourth-order valence-electron chi connectivity index (χ4n) is 4.33. The summed E-state index contributed by atoms with van der Waals surface area (Å²) in [5.41, 5.74) is 5.16. The molecule has 0 saturated carbocycles. The van der Waals surface area contributed by atoms with Crippen molar-refractivity contribution in [2.75, 3.05) is 44.2 Å². The number of nitrogens with one attached hydrogen (secondary N) is 1. The maximum absolute atomic E-state index is 4.91. The molecule has 1 aliphatic carbocycles. The van der Waals surface area contributed by atoms with E-state index in [1.165, 1.54) is 17.1 Å². The van der Waals surface area contributed by atoms with Gasteiger partial charge in [-0.05, 0) is 43.5 Å². The van der Waals surface area contributed by atoms with Crippen molar-refractivity contribution in [1.29, 1.82) is 0 Å². The summed E-state index contributed by atoms with van der Waals surface area (Å²) in [5, 5.41) is 8.52. The van der Waals surface area contributed by atoms with Gasteiger partial charge < -0.3 is 10.2 Å². The van der Waals surface area contributed by atoms with E-state index >= 15 is 0 Å². The highest BCUT2D eigenvalue weighted by molar-refractivity contribution is 5.51. The monoisotopic (exact) mass is 405 g/mol. The molecule has 0 amide bonds. The molecule has 2 heterocycles. The van der Waals surface area contributed by atoms with Crippen molar-refractivity contribution in [3.05, 3.63) is 66.0 Å². The number of allylic oxidation sites excluding steroid dienone is 4. The second-order valence-corrected chi connectivity index (χ2v) is 8.25. The second-order valence-electron chi connectivity index (χ2n) is 8.25. The Hall–Kier alpha value is -2.37. The lowest BCUT2D eigenvalue weighted by Gasteiger charge is -2.36. The van der Waals surface area contributed by atoms with Gasteiger partial charge in [-0.15, -0.1) is 0 Å². The molecule has 0 radical (unpaired) electrons. The van der Waals surface area contributed by atoms with Gasteiger partial charge in [-0.25, -0.2) is 4.68 Å². The summed E-state index contributed by atoms with van der Waals surface area (Å²) in [6, 6.07) is 13.0. The number of rotatable bonds is 9. The van der Waals surface area contributed by atoms with Crippen molar-refractivity contribution in [2.45, 2.75) is 39.2 Å². The van der Waals surface area contributed by atoms with E-state index in [0.29, 0.717) is 0 Å². The molecule has 5 heteroatoms. The molecule has 1 saturated heterocycles. The molecule has 0 spiro atoms. The second kappa shape index (κ2) is 10.6. The van der Waals surface area contributed by atoms with Crippen LogP contribution in [0.4, 0.5) is 5.69 Å². The molecule has 1 aliphatic heterocycles. The highest BCUT2D eigenvalue weighted by Gasteiger charge is 2.17. The molecule has 1 aromatic carbocycles. The summed E-state index contributed by atoms with van der Waals surface area (Å²) in [6.07, 6.45) is 11.0. The van der Waals surface area contributed by atoms with Gasteiger partial charge in [-0.1, -0.05) is 43.7 Å². The molecule has 30 heavy (non-hydrogen) atoms. The summed E-state index contributed by atoms with van der Waals surface area (Å²) in [7, 11) is 0. The van der Waals surface area contributed by atoms with Crippen LogP contribution in [0.5, 0.6) is 0 Å². The van der Waals surface area contributed by atoms with E-state index in [1.54, 1.807) is 0 Å². The number of benzene rings is 1. The van der Waals surface area contributed by atoms with Crippen molar-refractivity contribution < 1.29 is 0 Å². The fraction of sp³-hybridized carbons (Fsp3) is 0.480. The van der Waals surface area contributed by atoms with E-state index in [4.69, 9.17) is 5.10 Å². The molecule has 2 aromatic rings. The average molecular weight is 406 g/mol. The number of hydrogen-bond acceptors (Lipinski definition) is 4. The van der Waals surface area contributed by atoms with Gasteiger partial charge in [0, 0.05) is 62.9 Å². The van der Waals surface area contributed by atoms with E-state index < -0.39 is 0 Å². The molecule has 2 aliphatic rings. The van der Waals surface area contributed by atoms with Crippen LogP contribution in [-0.2, 0) is 13.0 Å². The van der Waals surface area contributed by atoms with Crippen LogP contribution in [-0.4, -0.2) is 53.9 Å². The minimum atomic E-state index is 0.844. The van der Waals surface area contributed by atoms with Gasteiger partial charge >= 0.3 is 0 Å². The number of hydrogen-bond donors (Lipinski definition) is 1. The summed E-state index contributed by atoms with van der Waals surface area (Å²) in [6.45, 7) is 9.67. The molecule has 0 atom stereocenters. The minimum Gasteiger partial charge on any atom is -0.369 e. The van der Waals surface area contributed by atoms with Crippen LogP contribution in [0, 0.1) is 0 Å². The Morgan fingerprint density at radius 1 is 1.07 bits per heavy atom. The van der Waals surface area contributed by atoms with E-state index in [-0.39, 0.29) is 0 Å². The van der Waals surface area contributed by atoms with E-state index in [9.17, 15) is 0 Å². The SMILES string of the molecule is CCCc1cc(CNCCN2CCN(c3ccccc3)CC2)nn1C1=CC=CCC1. The molecule has 4 rings (SSSR count). The van der Waals surface area contributed by atoms with E-state index in [2.05, 4.69) is 81.3 Å². The first kappa shape index (κ1) is 20.9. The van der Waals surface area contributed by atoms with Crippen LogP contribution in [0.25, 0.3) is 5.70 Å². The third-order valence-electron chi connectivity index (χ3n) is 6.01.